The molecule has 1 fully saturated rings. The fourth-order valence-electron chi connectivity index (χ4n) is 2.33. The lowest BCUT2D eigenvalue weighted by molar-refractivity contribution is 0.235. The van der Waals surface area contributed by atoms with Crippen molar-refractivity contribution < 1.29 is 0 Å². The molecule has 0 radical (unpaired) electrons. The molecule has 1 aromatic rings. The van der Waals surface area contributed by atoms with Gasteiger partial charge in [0.1, 0.15) is 0 Å². The number of piperidine rings is 1. The van der Waals surface area contributed by atoms with Gasteiger partial charge in [0.05, 0.1) is 0 Å². The summed E-state index contributed by atoms with van der Waals surface area (Å²) >= 11 is 5.96. The zero-order chi connectivity index (χ0) is 12.1. The van der Waals surface area contributed by atoms with Crippen LogP contribution in [0.15, 0.2) is 24.3 Å². The number of rotatable bonds is 4. The topological polar surface area (TPSA) is 15.3 Å². The third kappa shape index (κ3) is 4.30. The van der Waals surface area contributed by atoms with Gasteiger partial charge in [-0.1, -0.05) is 23.7 Å². The Morgan fingerprint density at radius 3 is 2.82 bits per heavy atom. The second-order valence-corrected chi connectivity index (χ2v) is 5.35. The molecular formula is C14H21ClN2. The summed E-state index contributed by atoms with van der Waals surface area (Å²) in [6.45, 7) is 3.48. The van der Waals surface area contributed by atoms with E-state index in [9.17, 15) is 0 Å². The van der Waals surface area contributed by atoms with E-state index in [1.54, 1.807) is 0 Å². The Labute approximate surface area is 109 Å². The van der Waals surface area contributed by atoms with Crippen molar-refractivity contribution >= 4 is 11.6 Å². The summed E-state index contributed by atoms with van der Waals surface area (Å²) in [5.74, 6) is 0. The minimum Gasteiger partial charge on any atom is -0.314 e. The Bertz CT molecular complexity index is 346. The minimum atomic E-state index is 0.699. The fourth-order valence-corrected chi connectivity index (χ4v) is 2.54. The van der Waals surface area contributed by atoms with E-state index in [0.29, 0.717) is 6.04 Å². The third-order valence-corrected chi connectivity index (χ3v) is 3.69. The van der Waals surface area contributed by atoms with Gasteiger partial charge in [0, 0.05) is 11.1 Å². The van der Waals surface area contributed by atoms with E-state index in [-0.39, 0.29) is 0 Å². The van der Waals surface area contributed by atoms with Crippen molar-refractivity contribution in [2.45, 2.75) is 25.3 Å². The molecule has 0 saturated carbocycles. The number of benzene rings is 1. The zero-order valence-electron chi connectivity index (χ0n) is 10.5. The van der Waals surface area contributed by atoms with E-state index in [1.165, 1.54) is 31.5 Å². The first kappa shape index (κ1) is 12.9. The SMILES string of the molecule is CN1CCC(NCCc2cccc(Cl)c2)CC1. The van der Waals surface area contributed by atoms with Gasteiger partial charge < -0.3 is 10.2 Å². The highest BCUT2D eigenvalue weighted by molar-refractivity contribution is 6.30. The summed E-state index contributed by atoms with van der Waals surface area (Å²) in [5, 5.41) is 4.48. The van der Waals surface area contributed by atoms with E-state index in [0.717, 1.165) is 18.0 Å². The summed E-state index contributed by atoms with van der Waals surface area (Å²) in [6.07, 6.45) is 3.60. The second-order valence-electron chi connectivity index (χ2n) is 4.91. The van der Waals surface area contributed by atoms with Crippen molar-refractivity contribution in [2.24, 2.45) is 0 Å². The Morgan fingerprint density at radius 2 is 2.12 bits per heavy atom. The summed E-state index contributed by atoms with van der Waals surface area (Å²) in [7, 11) is 2.20. The van der Waals surface area contributed by atoms with Gasteiger partial charge in [-0.05, 0) is 63.6 Å². The van der Waals surface area contributed by atoms with Gasteiger partial charge in [-0.2, -0.15) is 0 Å². The molecule has 0 unspecified atom stereocenters. The molecule has 2 nitrogen and oxygen atoms in total. The minimum absolute atomic E-state index is 0.699. The van der Waals surface area contributed by atoms with Gasteiger partial charge >= 0.3 is 0 Å². The Balaban J connectivity index is 1.69. The van der Waals surface area contributed by atoms with E-state index in [1.807, 2.05) is 12.1 Å². The first-order valence-corrected chi connectivity index (χ1v) is 6.78. The number of hydrogen-bond donors (Lipinski definition) is 1. The van der Waals surface area contributed by atoms with Crippen LogP contribution in [-0.4, -0.2) is 37.6 Å². The lowest BCUT2D eigenvalue weighted by atomic mass is 10.1. The molecule has 94 valence electrons. The normalized spacial score (nSPS) is 18.5. The molecule has 3 heteroatoms. The standard InChI is InChI=1S/C14H21ClN2/c1-17-9-6-14(7-10-17)16-8-5-12-3-2-4-13(15)11-12/h2-4,11,14,16H,5-10H2,1H3. The van der Waals surface area contributed by atoms with Crippen LogP contribution < -0.4 is 5.32 Å². The van der Waals surface area contributed by atoms with E-state index < -0.39 is 0 Å². The molecule has 17 heavy (non-hydrogen) atoms. The fraction of sp³-hybridized carbons (Fsp3) is 0.571. The van der Waals surface area contributed by atoms with E-state index in [2.05, 4.69) is 29.4 Å². The van der Waals surface area contributed by atoms with Crippen molar-refractivity contribution in [3.05, 3.63) is 34.9 Å². The van der Waals surface area contributed by atoms with Gasteiger partial charge in [0.25, 0.3) is 0 Å². The predicted molar refractivity (Wildman–Crippen MR) is 73.7 cm³/mol. The molecule has 0 aromatic heterocycles. The third-order valence-electron chi connectivity index (χ3n) is 3.45. The number of likely N-dealkylation sites (tertiary alicyclic amines) is 1. The summed E-state index contributed by atoms with van der Waals surface area (Å²) in [6, 6.07) is 8.84. The molecule has 1 aliphatic rings. The van der Waals surface area contributed by atoms with Gasteiger partial charge in [-0.3, -0.25) is 0 Å². The monoisotopic (exact) mass is 252 g/mol. The van der Waals surface area contributed by atoms with Crippen LogP contribution in [0.2, 0.25) is 5.02 Å². The predicted octanol–water partition coefficient (Wildman–Crippen LogP) is 2.57. The molecule has 0 aliphatic carbocycles. The summed E-state index contributed by atoms with van der Waals surface area (Å²) in [5.41, 5.74) is 1.32. The van der Waals surface area contributed by atoms with Crippen molar-refractivity contribution in [1.29, 1.82) is 0 Å². The maximum absolute atomic E-state index is 5.96. The van der Waals surface area contributed by atoms with Gasteiger partial charge in [-0.25, -0.2) is 0 Å². The average Bonchev–Trinajstić information content (AvgIpc) is 2.32. The first-order valence-electron chi connectivity index (χ1n) is 6.40. The molecule has 2 rings (SSSR count). The van der Waals surface area contributed by atoms with Crippen LogP contribution in [0.4, 0.5) is 0 Å². The molecule has 1 aromatic carbocycles. The molecule has 1 saturated heterocycles. The molecule has 0 spiro atoms. The molecular weight excluding hydrogens is 232 g/mol. The van der Waals surface area contributed by atoms with E-state index >= 15 is 0 Å². The smallest absolute Gasteiger partial charge is 0.0408 e. The van der Waals surface area contributed by atoms with Gasteiger partial charge in [0.2, 0.25) is 0 Å². The largest absolute Gasteiger partial charge is 0.314 e. The average molecular weight is 253 g/mol. The van der Waals surface area contributed by atoms with Crippen LogP contribution in [0.3, 0.4) is 0 Å². The Morgan fingerprint density at radius 1 is 1.35 bits per heavy atom. The van der Waals surface area contributed by atoms with Gasteiger partial charge in [0.15, 0.2) is 0 Å². The van der Waals surface area contributed by atoms with Crippen LogP contribution in [0.5, 0.6) is 0 Å². The molecule has 0 atom stereocenters. The summed E-state index contributed by atoms with van der Waals surface area (Å²) in [4.78, 5) is 2.40. The number of nitrogens with zero attached hydrogens (tertiary/aromatic N) is 1. The number of nitrogens with one attached hydrogen (secondary N) is 1. The Hall–Kier alpha value is -0.570. The number of halogens is 1. The second kappa shape index (κ2) is 6.39. The van der Waals surface area contributed by atoms with Crippen LogP contribution in [-0.2, 0) is 6.42 Å². The molecule has 1 aliphatic heterocycles. The maximum Gasteiger partial charge on any atom is 0.0408 e. The Kier molecular flexibility index (Phi) is 4.84. The highest BCUT2D eigenvalue weighted by Crippen LogP contribution is 2.11. The van der Waals surface area contributed by atoms with Crippen LogP contribution in [0.1, 0.15) is 18.4 Å². The highest BCUT2D eigenvalue weighted by Gasteiger charge is 2.15. The van der Waals surface area contributed by atoms with Crippen molar-refractivity contribution in [2.75, 3.05) is 26.7 Å². The van der Waals surface area contributed by atoms with Crippen LogP contribution in [0, 0.1) is 0 Å². The lowest BCUT2D eigenvalue weighted by Crippen LogP contribution is -2.41. The van der Waals surface area contributed by atoms with E-state index in [4.69, 9.17) is 11.6 Å². The molecule has 1 heterocycles. The first-order chi connectivity index (χ1) is 8.24. The molecule has 1 N–H and O–H groups in total. The quantitative estimate of drug-likeness (QED) is 0.886. The van der Waals surface area contributed by atoms with Crippen molar-refractivity contribution in [3.8, 4) is 0 Å². The molecule has 0 bridgehead atoms. The number of hydrogen-bond acceptors (Lipinski definition) is 2. The van der Waals surface area contributed by atoms with Crippen LogP contribution >= 0.6 is 11.6 Å². The zero-order valence-corrected chi connectivity index (χ0v) is 11.2. The van der Waals surface area contributed by atoms with Crippen LogP contribution in [0.25, 0.3) is 0 Å². The summed E-state index contributed by atoms with van der Waals surface area (Å²) < 4.78 is 0. The lowest BCUT2D eigenvalue weighted by Gasteiger charge is -2.29. The van der Waals surface area contributed by atoms with Crippen molar-refractivity contribution in [1.82, 2.24) is 10.2 Å². The van der Waals surface area contributed by atoms with Gasteiger partial charge in [-0.15, -0.1) is 0 Å². The van der Waals surface area contributed by atoms with Crippen molar-refractivity contribution in [3.63, 3.8) is 0 Å². The maximum atomic E-state index is 5.96. The molecule has 0 amide bonds. The highest BCUT2D eigenvalue weighted by atomic mass is 35.5.